The Morgan fingerprint density at radius 1 is 1.21 bits per heavy atom. The third-order valence-corrected chi connectivity index (χ3v) is 2.79. The Morgan fingerprint density at radius 3 is 2.47 bits per heavy atom. The molecule has 0 saturated carbocycles. The first-order valence-electron chi connectivity index (χ1n) is 6.14. The van der Waals surface area contributed by atoms with Crippen molar-refractivity contribution in [2.75, 3.05) is 26.9 Å². The van der Waals surface area contributed by atoms with Gasteiger partial charge in [0.05, 0.1) is 13.2 Å². The highest BCUT2D eigenvalue weighted by Crippen LogP contribution is 2.15. The summed E-state index contributed by atoms with van der Waals surface area (Å²) < 4.78 is 37.1. The minimum atomic E-state index is -0.555. The number of nitrogens with two attached hydrogens (primary N) is 1. The highest BCUT2D eigenvalue weighted by Gasteiger charge is 2.14. The first-order chi connectivity index (χ1) is 9.19. The topological polar surface area (TPSA) is 56.5 Å². The summed E-state index contributed by atoms with van der Waals surface area (Å²) in [6.07, 6.45) is 0.747. The molecule has 0 spiro atoms. The number of halogens is 2. The lowest BCUT2D eigenvalue weighted by molar-refractivity contribution is 0.0657. The predicted octanol–water partition coefficient (Wildman–Crippen LogP) is 1.39. The van der Waals surface area contributed by atoms with Gasteiger partial charge in [0.25, 0.3) is 0 Å². The van der Waals surface area contributed by atoms with Crippen molar-refractivity contribution >= 4 is 0 Å². The van der Waals surface area contributed by atoms with E-state index in [1.54, 1.807) is 7.11 Å². The normalized spacial score (nSPS) is 12.6. The zero-order valence-electron chi connectivity index (χ0n) is 11.0. The Hall–Kier alpha value is -1.08. The number of hydrazine groups is 1. The molecule has 1 aromatic carbocycles. The number of benzene rings is 1. The van der Waals surface area contributed by atoms with Crippen molar-refractivity contribution < 1.29 is 18.3 Å². The van der Waals surface area contributed by atoms with Crippen LogP contribution >= 0.6 is 0 Å². The van der Waals surface area contributed by atoms with Crippen LogP contribution in [0.2, 0.25) is 0 Å². The lowest BCUT2D eigenvalue weighted by Crippen LogP contribution is -2.38. The van der Waals surface area contributed by atoms with Crippen molar-refractivity contribution in [3.63, 3.8) is 0 Å². The fraction of sp³-hybridized carbons (Fsp3) is 0.538. The van der Waals surface area contributed by atoms with Crippen molar-refractivity contribution in [3.05, 3.63) is 35.4 Å². The average molecular weight is 274 g/mol. The molecule has 0 radical (unpaired) electrons. The SMILES string of the molecule is COCCOCCC(Cc1c(F)cccc1F)NN. The molecular weight excluding hydrogens is 254 g/mol. The van der Waals surface area contributed by atoms with E-state index in [-0.39, 0.29) is 18.0 Å². The van der Waals surface area contributed by atoms with Crippen molar-refractivity contribution in [1.29, 1.82) is 0 Å². The van der Waals surface area contributed by atoms with Crippen LogP contribution in [0, 0.1) is 11.6 Å². The molecule has 1 rings (SSSR count). The van der Waals surface area contributed by atoms with Crippen molar-refractivity contribution in [2.45, 2.75) is 18.9 Å². The Balaban J connectivity index is 2.43. The number of methoxy groups -OCH3 is 1. The van der Waals surface area contributed by atoms with Crippen LogP contribution < -0.4 is 11.3 Å². The van der Waals surface area contributed by atoms with E-state index in [1.165, 1.54) is 18.2 Å². The molecule has 0 heterocycles. The van der Waals surface area contributed by atoms with E-state index in [4.69, 9.17) is 15.3 Å². The first-order valence-corrected chi connectivity index (χ1v) is 6.14. The van der Waals surface area contributed by atoms with Crippen LogP contribution in [0.1, 0.15) is 12.0 Å². The molecule has 0 amide bonds. The summed E-state index contributed by atoms with van der Waals surface area (Å²) in [6, 6.07) is 3.57. The average Bonchev–Trinajstić information content (AvgIpc) is 2.40. The van der Waals surface area contributed by atoms with Gasteiger partial charge in [0.2, 0.25) is 0 Å². The second-order valence-corrected chi connectivity index (χ2v) is 4.16. The summed E-state index contributed by atoms with van der Waals surface area (Å²) >= 11 is 0. The maximum absolute atomic E-state index is 13.5. The summed E-state index contributed by atoms with van der Waals surface area (Å²) in [4.78, 5) is 0. The highest BCUT2D eigenvalue weighted by molar-refractivity contribution is 5.20. The fourth-order valence-electron chi connectivity index (χ4n) is 1.69. The fourth-order valence-corrected chi connectivity index (χ4v) is 1.69. The van der Waals surface area contributed by atoms with E-state index in [0.717, 1.165) is 0 Å². The van der Waals surface area contributed by atoms with Gasteiger partial charge < -0.3 is 9.47 Å². The summed E-state index contributed by atoms with van der Waals surface area (Å²) in [5, 5.41) is 0. The van der Waals surface area contributed by atoms with Crippen LogP contribution in [0.5, 0.6) is 0 Å². The van der Waals surface area contributed by atoms with Gasteiger partial charge >= 0.3 is 0 Å². The number of hydrogen-bond acceptors (Lipinski definition) is 4. The number of ether oxygens (including phenoxy) is 2. The van der Waals surface area contributed by atoms with Gasteiger partial charge in [-0.1, -0.05) is 6.07 Å². The van der Waals surface area contributed by atoms with Crippen LogP contribution in [0.3, 0.4) is 0 Å². The van der Waals surface area contributed by atoms with E-state index in [9.17, 15) is 8.78 Å². The summed E-state index contributed by atoms with van der Waals surface area (Å²) in [5.41, 5.74) is 2.60. The summed E-state index contributed by atoms with van der Waals surface area (Å²) in [5.74, 6) is 4.28. The smallest absolute Gasteiger partial charge is 0.129 e. The minimum absolute atomic E-state index is 0.0438. The molecule has 0 aromatic heterocycles. The van der Waals surface area contributed by atoms with E-state index in [2.05, 4.69) is 5.43 Å². The standard InChI is InChI=1S/C13H20F2N2O2/c1-18-7-8-19-6-5-10(17-16)9-11-12(14)3-2-4-13(11)15/h2-4,10,17H,5-9,16H2,1H3. The maximum Gasteiger partial charge on any atom is 0.129 e. The molecule has 1 unspecified atom stereocenters. The molecule has 0 aliphatic rings. The number of hydrogen-bond donors (Lipinski definition) is 2. The van der Waals surface area contributed by atoms with Crippen LogP contribution in [-0.2, 0) is 15.9 Å². The monoisotopic (exact) mass is 274 g/mol. The Kier molecular flexibility index (Phi) is 7.50. The van der Waals surface area contributed by atoms with E-state index in [0.29, 0.717) is 26.2 Å². The molecule has 6 heteroatoms. The van der Waals surface area contributed by atoms with Gasteiger partial charge in [-0.3, -0.25) is 11.3 Å². The Bertz CT molecular complexity index is 357. The van der Waals surface area contributed by atoms with Gasteiger partial charge in [0.15, 0.2) is 0 Å². The predicted molar refractivity (Wildman–Crippen MR) is 68.5 cm³/mol. The van der Waals surface area contributed by atoms with E-state index < -0.39 is 11.6 Å². The van der Waals surface area contributed by atoms with Crippen molar-refractivity contribution in [1.82, 2.24) is 5.43 Å². The molecular formula is C13H20F2N2O2. The third-order valence-electron chi connectivity index (χ3n) is 2.79. The van der Waals surface area contributed by atoms with Gasteiger partial charge in [0.1, 0.15) is 11.6 Å². The number of nitrogens with one attached hydrogen (secondary N) is 1. The maximum atomic E-state index is 13.5. The number of rotatable bonds is 9. The highest BCUT2D eigenvalue weighted by atomic mass is 19.1. The molecule has 4 nitrogen and oxygen atoms in total. The largest absolute Gasteiger partial charge is 0.382 e. The lowest BCUT2D eigenvalue weighted by atomic mass is 10.0. The van der Waals surface area contributed by atoms with Gasteiger partial charge in [-0.15, -0.1) is 0 Å². The van der Waals surface area contributed by atoms with E-state index >= 15 is 0 Å². The molecule has 0 aliphatic carbocycles. The van der Waals surface area contributed by atoms with Crippen molar-refractivity contribution in [3.8, 4) is 0 Å². The second kappa shape index (κ2) is 8.92. The van der Waals surface area contributed by atoms with Crippen LogP contribution in [-0.4, -0.2) is 33.0 Å². The molecule has 0 bridgehead atoms. The molecule has 0 fully saturated rings. The second-order valence-electron chi connectivity index (χ2n) is 4.16. The van der Waals surface area contributed by atoms with Gasteiger partial charge in [-0.05, 0) is 25.0 Å². The summed E-state index contributed by atoms with van der Waals surface area (Å²) in [7, 11) is 1.59. The van der Waals surface area contributed by atoms with Gasteiger partial charge in [0, 0.05) is 25.3 Å². The van der Waals surface area contributed by atoms with Gasteiger partial charge in [-0.2, -0.15) is 0 Å². The molecule has 1 atom stereocenters. The van der Waals surface area contributed by atoms with Crippen LogP contribution in [0.4, 0.5) is 8.78 Å². The van der Waals surface area contributed by atoms with Crippen LogP contribution in [0.25, 0.3) is 0 Å². The molecule has 19 heavy (non-hydrogen) atoms. The van der Waals surface area contributed by atoms with Crippen LogP contribution in [0.15, 0.2) is 18.2 Å². The third kappa shape index (κ3) is 5.61. The zero-order chi connectivity index (χ0) is 14.1. The lowest BCUT2D eigenvalue weighted by Gasteiger charge is -2.16. The van der Waals surface area contributed by atoms with E-state index in [1.807, 2.05) is 0 Å². The molecule has 0 saturated heterocycles. The Labute approximate surface area is 111 Å². The molecule has 0 aliphatic heterocycles. The van der Waals surface area contributed by atoms with Gasteiger partial charge in [-0.25, -0.2) is 8.78 Å². The minimum Gasteiger partial charge on any atom is -0.382 e. The quantitative estimate of drug-likeness (QED) is 0.406. The Morgan fingerprint density at radius 2 is 1.89 bits per heavy atom. The molecule has 1 aromatic rings. The van der Waals surface area contributed by atoms with Crippen molar-refractivity contribution in [2.24, 2.45) is 5.84 Å². The summed E-state index contributed by atoms with van der Waals surface area (Å²) in [6.45, 7) is 1.46. The molecule has 108 valence electrons. The zero-order valence-corrected chi connectivity index (χ0v) is 11.0. The molecule has 3 N–H and O–H groups in total. The first kappa shape index (κ1) is 16.0.